The molecule has 2 N–H and O–H groups in total. The molecule has 0 bridgehead atoms. The predicted octanol–water partition coefficient (Wildman–Crippen LogP) is 3.30. The van der Waals surface area contributed by atoms with Crippen LogP contribution in [0.5, 0.6) is 0 Å². The number of para-hydroxylation sites is 1. The number of aliphatic hydroxyl groups is 1. The van der Waals surface area contributed by atoms with E-state index >= 15 is 0 Å². The number of rotatable bonds is 7. The zero-order chi connectivity index (χ0) is 17.5. The molecule has 0 aliphatic rings. The number of benzene rings is 2. The summed E-state index contributed by atoms with van der Waals surface area (Å²) in [5.74, 6) is -0.0606. The number of aryl methyl sites for hydroxylation is 2. The first-order valence-corrected chi connectivity index (χ1v) is 8.32. The van der Waals surface area contributed by atoms with Gasteiger partial charge in [-0.15, -0.1) is 0 Å². The Morgan fingerprint density at radius 3 is 2.29 bits per heavy atom. The van der Waals surface area contributed by atoms with Crippen LogP contribution in [-0.4, -0.2) is 35.5 Å². The van der Waals surface area contributed by atoms with Crippen LogP contribution >= 0.6 is 0 Å². The van der Waals surface area contributed by atoms with Crippen molar-refractivity contribution in [2.75, 3.05) is 25.0 Å². The molecule has 0 saturated carbocycles. The first-order valence-electron chi connectivity index (χ1n) is 8.32. The number of carbonyl (C=O) groups excluding carboxylic acids is 1. The molecular weight excluding hydrogens is 300 g/mol. The fourth-order valence-electron chi connectivity index (χ4n) is 2.72. The first-order chi connectivity index (χ1) is 11.5. The minimum atomic E-state index is -0.598. The summed E-state index contributed by atoms with van der Waals surface area (Å²) in [6.07, 6.45) is -0.598. The molecule has 0 spiro atoms. The molecule has 2 rings (SSSR count). The second-order valence-corrected chi connectivity index (χ2v) is 6.07. The summed E-state index contributed by atoms with van der Waals surface area (Å²) in [5, 5.41) is 13.3. The van der Waals surface area contributed by atoms with Crippen molar-refractivity contribution >= 4 is 11.6 Å². The number of likely N-dealkylation sites (N-methyl/N-ethyl adjacent to an activating group) is 1. The Kier molecular flexibility index (Phi) is 6.53. The van der Waals surface area contributed by atoms with E-state index in [1.807, 2.05) is 74.2 Å². The fourth-order valence-corrected chi connectivity index (χ4v) is 2.72. The Bertz CT molecular complexity index is 650. The maximum Gasteiger partial charge on any atom is 0.238 e. The third kappa shape index (κ3) is 4.91. The SMILES string of the molecule is CCN(CC(=O)Nc1c(C)cccc1C)CC(O)c1ccccc1. The Labute approximate surface area is 144 Å². The highest BCUT2D eigenvalue weighted by Crippen LogP contribution is 2.19. The van der Waals surface area contributed by atoms with E-state index in [4.69, 9.17) is 0 Å². The van der Waals surface area contributed by atoms with E-state index in [9.17, 15) is 9.90 Å². The summed E-state index contributed by atoms with van der Waals surface area (Å²) in [5.41, 5.74) is 3.85. The summed E-state index contributed by atoms with van der Waals surface area (Å²) >= 11 is 0. The molecule has 1 unspecified atom stereocenters. The van der Waals surface area contributed by atoms with E-state index in [1.165, 1.54) is 0 Å². The Balaban J connectivity index is 1.96. The summed E-state index contributed by atoms with van der Waals surface area (Å²) < 4.78 is 0. The molecule has 0 aromatic heterocycles. The second kappa shape index (κ2) is 8.62. The number of hydrogen-bond donors (Lipinski definition) is 2. The lowest BCUT2D eigenvalue weighted by Crippen LogP contribution is -2.36. The van der Waals surface area contributed by atoms with E-state index in [1.54, 1.807) is 0 Å². The van der Waals surface area contributed by atoms with E-state index in [0.29, 0.717) is 13.1 Å². The van der Waals surface area contributed by atoms with Crippen molar-refractivity contribution in [1.29, 1.82) is 0 Å². The van der Waals surface area contributed by atoms with Gasteiger partial charge in [-0.2, -0.15) is 0 Å². The maximum absolute atomic E-state index is 12.4. The van der Waals surface area contributed by atoms with E-state index in [2.05, 4.69) is 5.32 Å². The molecule has 0 heterocycles. The molecule has 4 nitrogen and oxygen atoms in total. The number of carbonyl (C=O) groups is 1. The minimum absolute atomic E-state index is 0.0606. The van der Waals surface area contributed by atoms with Crippen LogP contribution in [0.3, 0.4) is 0 Å². The zero-order valence-electron chi connectivity index (χ0n) is 14.6. The van der Waals surface area contributed by atoms with Crippen LogP contribution in [0.15, 0.2) is 48.5 Å². The van der Waals surface area contributed by atoms with Crippen molar-refractivity contribution in [2.24, 2.45) is 0 Å². The number of nitrogens with one attached hydrogen (secondary N) is 1. The quantitative estimate of drug-likeness (QED) is 0.821. The van der Waals surface area contributed by atoms with Crippen LogP contribution in [0.4, 0.5) is 5.69 Å². The van der Waals surface area contributed by atoms with Crippen LogP contribution in [0, 0.1) is 13.8 Å². The molecule has 0 aliphatic carbocycles. The third-order valence-corrected chi connectivity index (χ3v) is 4.18. The predicted molar refractivity (Wildman–Crippen MR) is 98.1 cm³/mol. The van der Waals surface area contributed by atoms with Gasteiger partial charge in [-0.1, -0.05) is 55.5 Å². The van der Waals surface area contributed by atoms with Gasteiger partial charge in [-0.25, -0.2) is 0 Å². The molecule has 4 heteroatoms. The lowest BCUT2D eigenvalue weighted by molar-refractivity contribution is -0.117. The fraction of sp³-hybridized carbons (Fsp3) is 0.350. The molecule has 128 valence electrons. The summed E-state index contributed by atoms with van der Waals surface area (Å²) in [6.45, 7) is 7.35. The number of nitrogens with zero attached hydrogens (tertiary/aromatic N) is 1. The number of amides is 1. The molecule has 24 heavy (non-hydrogen) atoms. The van der Waals surface area contributed by atoms with E-state index in [-0.39, 0.29) is 12.5 Å². The molecular formula is C20H26N2O2. The van der Waals surface area contributed by atoms with Gasteiger partial charge in [0.25, 0.3) is 0 Å². The van der Waals surface area contributed by atoms with Gasteiger partial charge in [-0.3, -0.25) is 9.69 Å². The lowest BCUT2D eigenvalue weighted by atomic mass is 10.1. The van der Waals surface area contributed by atoms with Crippen molar-refractivity contribution in [3.05, 3.63) is 65.2 Å². The van der Waals surface area contributed by atoms with Crippen molar-refractivity contribution in [2.45, 2.75) is 26.9 Å². The summed E-state index contributed by atoms with van der Waals surface area (Å²) in [6, 6.07) is 15.5. The van der Waals surface area contributed by atoms with Crippen LogP contribution in [-0.2, 0) is 4.79 Å². The van der Waals surface area contributed by atoms with Gasteiger partial charge in [0.1, 0.15) is 0 Å². The van der Waals surface area contributed by atoms with Crippen molar-refractivity contribution in [3.8, 4) is 0 Å². The molecule has 0 aliphatic heterocycles. The first kappa shape index (κ1) is 18.2. The van der Waals surface area contributed by atoms with Gasteiger partial charge in [0.2, 0.25) is 5.91 Å². The molecule has 0 fully saturated rings. The van der Waals surface area contributed by atoms with E-state index in [0.717, 1.165) is 22.4 Å². The molecule has 1 amide bonds. The van der Waals surface area contributed by atoms with Crippen molar-refractivity contribution < 1.29 is 9.90 Å². The average molecular weight is 326 g/mol. The largest absolute Gasteiger partial charge is 0.387 e. The van der Waals surface area contributed by atoms with Crippen molar-refractivity contribution in [3.63, 3.8) is 0 Å². The van der Waals surface area contributed by atoms with Gasteiger partial charge < -0.3 is 10.4 Å². The Morgan fingerprint density at radius 2 is 1.71 bits per heavy atom. The Hall–Kier alpha value is -2.17. The lowest BCUT2D eigenvalue weighted by Gasteiger charge is -2.23. The maximum atomic E-state index is 12.4. The summed E-state index contributed by atoms with van der Waals surface area (Å²) in [4.78, 5) is 14.3. The van der Waals surface area contributed by atoms with Gasteiger partial charge in [0, 0.05) is 12.2 Å². The molecule has 0 saturated heterocycles. The highest BCUT2D eigenvalue weighted by atomic mass is 16.3. The molecule has 1 atom stereocenters. The van der Waals surface area contributed by atoms with Gasteiger partial charge in [0.15, 0.2) is 0 Å². The Morgan fingerprint density at radius 1 is 1.08 bits per heavy atom. The van der Waals surface area contributed by atoms with Crippen molar-refractivity contribution in [1.82, 2.24) is 4.90 Å². The standard InChI is InChI=1S/C20H26N2O2/c1-4-22(13-18(23)17-11-6-5-7-12-17)14-19(24)21-20-15(2)9-8-10-16(20)3/h5-12,18,23H,4,13-14H2,1-3H3,(H,21,24). The number of hydrogen-bond acceptors (Lipinski definition) is 3. The molecule has 2 aromatic rings. The summed E-state index contributed by atoms with van der Waals surface area (Å²) in [7, 11) is 0. The van der Waals surface area contributed by atoms with E-state index < -0.39 is 6.10 Å². The topological polar surface area (TPSA) is 52.6 Å². The van der Waals surface area contributed by atoms with Crippen LogP contribution in [0.25, 0.3) is 0 Å². The molecule has 2 aromatic carbocycles. The van der Waals surface area contributed by atoms with Gasteiger partial charge in [0.05, 0.1) is 12.6 Å². The van der Waals surface area contributed by atoms with Crippen LogP contribution in [0.2, 0.25) is 0 Å². The third-order valence-electron chi connectivity index (χ3n) is 4.18. The van der Waals surface area contributed by atoms with Gasteiger partial charge >= 0.3 is 0 Å². The second-order valence-electron chi connectivity index (χ2n) is 6.07. The highest BCUT2D eigenvalue weighted by molar-refractivity contribution is 5.93. The minimum Gasteiger partial charge on any atom is -0.387 e. The normalized spacial score (nSPS) is 12.2. The smallest absolute Gasteiger partial charge is 0.238 e. The highest BCUT2D eigenvalue weighted by Gasteiger charge is 2.16. The van der Waals surface area contributed by atoms with Crippen LogP contribution in [0.1, 0.15) is 29.7 Å². The average Bonchev–Trinajstić information content (AvgIpc) is 2.58. The monoisotopic (exact) mass is 326 g/mol. The molecule has 0 radical (unpaired) electrons. The van der Waals surface area contributed by atoms with Crippen LogP contribution < -0.4 is 5.32 Å². The number of anilines is 1. The number of aliphatic hydroxyl groups excluding tert-OH is 1. The zero-order valence-corrected chi connectivity index (χ0v) is 14.6. The van der Waals surface area contributed by atoms with Gasteiger partial charge in [-0.05, 0) is 37.1 Å².